The van der Waals surface area contributed by atoms with Crippen molar-refractivity contribution in [3.8, 4) is 0 Å². The number of hydrogen-bond acceptors (Lipinski definition) is 2. The highest BCUT2D eigenvalue weighted by molar-refractivity contribution is 6.81. The van der Waals surface area contributed by atoms with E-state index in [0.717, 1.165) is 5.56 Å². The number of benzene rings is 1. The van der Waals surface area contributed by atoms with E-state index in [9.17, 15) is 0 Å². The molecule has 1 rings (SSSR count). The van der Waals surface area contributed by atoms with Gasteiger partial charge in [-0.3, -0.25) is 9.13 Å². The van der Waals surface area contributed by atoms with E-state index in [1.807, 2.05) is 23.0 Å². The predicted molar refractivity (Wildman–Crippen MR) is 104 cm³/mol. The maximum absolute atomic E-state index is 15.8. The molecule has 0 unspecified atom stereocenters. The van der Waals surface area contributed by atoms with Crippen LogP contribution in [0.5, 0.6) is 0 Å². The lowest BCUT2D eigenvalue weighted by Crippen LogP contribution is -2.68. The summed E-state index contributed by atoms with van der Waals surface area (Å²) in [6.07, 6.45) is 0. The lowest BCUT2D eigenvalue weighted by molar-refractivity contribution is 0.186. The van der Waals surface area contributed by atoms with Crippen molar-refractivity contribution in [2.45, 2.75) is 78.8 Å². The molecule has 0 aliphatic carbocycles. The molecule has 5 heteroatoms. The topological polar surface area (TPSA) is 6.48 Å². The Morgan fingerprint density at radius 3 is 1.74 bits per heavy atom. The number of hydrogen-bond donors (Lipinski definition) is 0. The van der Waals surface area contributed by atoms with Crippen molar-refractivity contribution in [3.05, 3.63) is 35.9 Å². The van der Waals surface area contributed by atoms with Gasteiger partial charge >= 0.3 is 7.26 Å². The van der Waals surface area contributed by atoms with E-state index in [1.54, 1.807) is 0 Å². The Kier molecular flexibility index (Phi) is 6.28. The predicted octanol–water partition coefficient (Wildman–Crippen LogP) is 5.18. The van der Waals surface area contributed by atoms with Gasteiger partial charge in [0, 0.05) is 12.1 Å². The summed E-state index contributed by atoms with van der Waals surface area (Å²) >= 11 is 0. The Labute approximate surface area is 144 Å². The van der Waals surface area contributed by atoms with Crippen molar-refractivity contribution < 1.29 is 4.32 Å². The smallest absolute Gasteiger partial charge is 0.316 e. The average Bonchev–Trinajstić information content (AvgIpc) is 2.32. The molecule has 0 fully saturated rings. The van der Waals surface area contributed by atoms with Crippen LogP contribution in [0.25, 0.3) is 0 Å². The third-order valence-electron chi connectivity index (χ3n) is 3.97. The molecular formula is C18H34BFN2Si. The maximum atomic E-state index is 15.8. The highest BCUT2D eigenvalue weighted by Gasteiger charge is 2.47. The SMILES string of the molecule is CC(C)(C)N(Cc1ccccc1)B(F)N(C(C)(C)C)[Si](C)(C)C. The van der Waals surface area contributed by atoms with Crippen LogP contribution in [-0.4, -0.2) is 35.9 Å². The van der Waals surface area contributed by atoms with Crippen LogP contribution >= 0.6 is 0 Å². The zero-order valence-electron chi connectivity index (χ0n) is 16.4. The van der Waals surface area contributed by atoms with Crippen LogP contribution < -0.4 is 0 Å². The lowest BCUT2D eigenvalue weighted by atomic mass is 9.86. The molecule has 0 heterocycles. The Balaban J connectivity index is 3.20. The third-order valence-corrected chi connectivity index (χ3v) is 6.30. The van der Waals surface area contributed by atoms with Crippen molar-refractivity contribution >= 4 is 15.5 Å². The highest BCUT2D eigenvalue weighted by Crippen LogP contribution is 2.30. The minimum atomic E-state index is -1.83. The molecule has 0 aliphatic heterocycles. The van der Waals surface area contributed by atoms with Gasteiger partial charge in [-0.15, -0.1) is 0 Å². The Morgan fingerprint density at radius 1 is 0.913 bits per heavy atom. The van der Waals surface area contributed by atoms with E-state index in [4.69, 9.17) is 0 Å². The van der Waals surface area contributed by atoms with Gasteiger partial charge in [-0.1, -0.05) is 50.0 Å². The first-order chi connectivity index (χ1) is 10.2. The first kappa shape index (κ1) is 20.4. The number of nitrogens with zero attached hydrogens (tertiary/aromatic N) is 2. The Morgan fingerprint density at radius 2 is 1.39 bits per heavy atom. The molecule has 0 aromatic heterocycles. The monoisotopic (exact) mass is 336 g/mol. The fraction of sp³-hybridized carbons (Fsp3) is 0.667. The van der Waals surface area contributed by atoms with Crippen molar-refractivity contribution in [2.75, 3.05) is 0 Å². The van der Waals surface area contributed by atoms with Crippen LogP contribution in [-0.2, 0) is 6.54 Å². The lowest BCUT2D eigenvalue weighted by Gasteiger charge is -2.50. The molecule has 1 aromatic rings. The Bertz CT molecular complexity index is 474. The summed E-state index contributed by atoms with van der Waals surface area (Å²) < 4.78 is 17.9. The molecule has 1 aromatic carbocycles. The molecule has 0 atom stereocenters. The fourth-order valence-corrected chi connectivity index (χ4v) is 5.99. The van der Waals surface area contributed by atoms with Gasteiger partial charge in [-0.05, 0) is 52.6 Å². The summed E-state index contributed by atoms with van der Waals surface area (Å²) in [7, 11) is -2.92. The van der Waals surface area contributed by atoms with Crippen molar-refractivity contribution in [3.63, 3.8) is 0 Å². The van der Waals surface area contributed by atoms with E-state index < -0.39 is 15.5 Å². The summed E-state index contributed by atoms with van der Waals surface area (Å²) in [5, 5.41) is 0. The summed E-state index contributed by atoms with van der Waals surface area (Å²) in [5.74, 6) is 0. The zero-order valence-corrected chi connectivity index (χ0v) is 17.4. The maximum Gasteiger partial charge on any atom is 0.514 e. The molecule has 0 N–H and O–H groups in total. The summed E-state index contributed by atoms with van der Waals surface area (Å²) in [6.45, 7) is 19.9. The third kappa shape index (κ3) is 5.73. The van der Waals surface area contributed by atoms with Crippen LogP contribution in [0.15, 0.2) is 30.3 Å². The second-order valence-corrected chi connectivity index (χ2v) is 14.1. The van der Waals surface area contributed by atoms with E-state index in [0.29, 0.717) is 6.54 Å². The molecule has 0 saturated heterocycles. The van der Waals surface area contributed by atoms with Crippen LogP contribution in [0.4, 0.5) is 4.32 Å². The molecule has 0 aliphatic rings. The van der Waals surface area contributed by atoms with Gasteiger partial charge in [0.05, 0.1) is 0 Å². The van der Waals surface area contributed by atoms with Gasteiger partial charge < -0.3 is 4.48 Å². The van der Waals surface area contributed by atoms with E-state index in [-0.39, 0.29) is 11.1 Å². The molecule has 0 amide bonds. The van der Waals surface area contributed by atoms with Crippen molar-refractivity contribution in [1.82, 2.24) is 9.29 Å². The van der Waals surface area contributed by atoms with Crippen molar-refractivity contribution in [2.24, 2.45) is 0 Å². The number of rotatable bonds is 5. The molecule has 23 heavy (non-hydrogen) atoms. The largest absolute Gasteiger partial charge is 0.514 e. The molecule has 0 saturated carbocycles. The van der Waals surface area contributed by atoms with E-state index in [1.165, 1.54) is 0 Å². The van der Waals surface area contributed by atoms with Crippen LogP contribution in [0.1, 0.15) is 47.1 Å². The standard InChI is InChI=1S/C18H34BFN2Si/c1-17(2,3)21(15-16-13-11-10-12-14-16)19(20)22(18(4,5)6)23(7,8)9/h10-14H,15H2,1-9H3. The summed E-state index contributed by atoms with van der Waals surface area (Å²) in [6, 6.07) is 10.2. The van der Waals surface area contributed by atoms with Gasteiger partial charge in [-0.25, -0.2) is 0 Å². The normalized spacial score (nSPS) is 13.7. The van der Waals surface area contributed by atoms with Gasteiger partial charge in [0.1, 0.15) is 8.24 Å². The second kappa shape index (κ2) is 7.08. The molecular weight excluding hydrogens is 302 g/mol. The van der Waals surface area contributed by atoms with Gasteiger partial charge in [0.15, 0.2) is 0 Å². The van der Waals surface area contributed by atoms with Crippen molar-refractivity contribution in [1.29, 1.82) is 0 Å². The van der Waals surface area contributed by atoms with Crippen LogP contribution in [0, 0.1) is 0 Å². The first-order valence-corrected chi connectivity index (χ1v) is 11.9. The first-order valence-electron chi connectivity index (χ1n) is 8.49. The molecule has 2 nitrogen and oxygen atoms in total. The minimum Gasteiger partial charge on any atom is -0.316 e. The van der Waals surface area contributed by atoms with Crippen LogP contribution in [0.3, 0.4) is 0 Å². The second-order valence-electron chi connectivity index (χ2n) is 9.31. The molecule has 0 bridgehead atoms. The van der Waals surface area contributed by atoms with Gasteiger partial charge in [-0.2, -0.15) is 0 Å². The minimum absolute atomic E-state index is 0.204. The summed E-state index contributed by atoms with van der Waals surface area (Å²) in [5.41, 5.74) is 0.692. The average molecular weight is 336 g/mol. The fourth-order valence-electron chi connectivity index (χ4n) is 3.20. The highest BCUT2D eigenvalue weighted by atomic mass is 28.3. The summed E-state index contributed by atoms with van der Waals surface area (Å²) in [4.78, 5) is 1.98. The Hall–Kier alpha value is -0.648. The quantitative estimate of drug-likeness (QED) is 0.684. The zero-order chi connectivity index (χ0) is 18.1. The number of halogens is 1. The molecule has 130 valence electrons. The van der Waals surface area contributed by atoms with Gasteiger partial charge in [0.25, 0.3) is 0 Å². The van der Waals surface area contributed by atoms with Gasteiger partial charge in [0.2, 0.25) is 0 Å². The van der Waals surface area contributed by atoms with E-state index >= 15 is 4.32 Å². The van der Waals surface area contributed by atoms with E-state index in [2.05, 4.69) is 77.8 Å². The van der Waals surface area contributed by atoms with Crippen LogP contribution in [0.2, 0.25) is 19.6 Å². The molecule has 0 spiro atoms. The molecule has 0 radical (unpaired) electrons.